The maximum Gasteiger partial charge on any atom is 0.227 e. The van der Waals surface area contributed by atoms with Gasteiger partial charge in [0.1, 0.15) is 11.9 Å². The zero-order valence-electron chi connectivity index (χ0n) is 14.0. The van der Waals surface area contributed by atoms with Crippen molar-refractivity contribution in [2.75, 3.05) is 0 Å². The van der Waals surface area contributed by atoms with E-state index in [4.69, 9.17) is 4.42 Å². The minimum atomic E-state index is -0.767. The SMILES string of the molecule is CCC(C(=O)NCc1ccc(C(O)c2ccco2)s1)c1ccccc1. The lowest BCUT2D eigenvalue weighted by molar-refractivity contribution is -0.122. The first-order chi connectivity index (χ1) is 12.2. The van der Waals surface area contributed by atoms with E-state index in [1.165, 1.54) is 11.3 Å². The van der Waals surface area contributed by atoms with Crippen LogP contribution >= 0.6 is 11.3 Å². The van der Waals surface area contributed by atoms with E-state index in [9.17, 15) is 9.90 Å². The molecule has 2 unspecified atom stereocenters. The second kappa shape index (κ2) is 8.14. The summed E-state index contributed by atoms with van der Waals surface area (Å²) in [5, 5.41) is 13.3. The van der Waals surface area contributed by atoms with Crippen LogP contribution in [0.1, 0.15) is 46.4 Å². The average molecular weight is 355 g/mol. The molecule has 1 aromatic carbocycles. The Balaban J connectivity index is 1.61. The van der Waals surface area contributed by atoms with Crippen molar-refractivity contribution in [2.45, 2.75) is 31.9 Å². The summed E-state index contributed by atoms with van der Waals surface area (Å²) >= 11 is 1.47. The van der Waals surface area contributed by atoms with Gasteiger partial charge in [-0.15, -0.1) is 11.3 Å². The fourth-order valence-corrected chi connectivity index (χ4v) is 3.73. The Morgan fingerprint density at radius 2 is 1.96 bits per heavy atom. The van der Waals surface area contributed by atoms with Crippen LogP contribution in [-0.2, 0) is 11.3 Å². The molecule has 0 radical (unpaired) electrons. The normalized spacial score (nSPS) is 13.4. The Morgan fingerprint density at radius 1 is 1.16 bits per heavy atom. The largest absolute Gasteiger partial charge is 0.466 e. The van der Waals surface area contributed by atoms with Crippen molar-refractivity contribution in [3.63, 3.8) is 0 Å². The standard InChI is InChI=1S/C20H21NO3S/c1-2-16(14-7-4-3-5-8-14)20(23)21-13-15-10-11-18(25-15)19(22)17-9-6-12-24-17/h3-12,16,19,22H,2,13H2,1H3,(H,21,23). The van der Waals surface area contributed by atoms with E-state index in [0.29, 0.717) is 12.3 Å². The highest BCUT2D eigenvalue weighted by atomic mass is 32.1. The van der Waals surface area contributed by atoms with Crippen molar-refractivity contribution < 1.29 is 14.3 Å². The Hall–Kier alpha value is -2.37. The van der Waals surface area contributed by atoms with Crippen LogP contribution in [-0.4, -0.2) is 11.0 Å². The van der Waals surface area contributed by atoms with Gasteiger partial charge in [0, 0.05) is 9.75 Å². The topological polar surface area (TPSA) is 62.5 Å². The van der Waals surface area contributed by atoms with Gasteiger partial charge in [0.25, 0.3) is 0 Å². The van der Waals surface area contributed by atoms with Gasteiger partial charge in [0.15, 0.2) is 0 Å². The van der Waals surface area contributed by atoms with Gasteiger partial charge in [-0.25, -0.2) is 0 Å². The van der Waals surface area contributed by atoms with E-state index in [1.807, 2.05) is 49.4 Å². The van der Waals surface area contributed by atoms with Crippen LogP contribution in [0.15, 0.2) is 65.3 Å². The molecule has 0 spiro atoms. The van der Waals surface area contributed by atoms with Gasteiger partial charge < -0.3 is 14.8 Å². The third-order valence-corrected chi connectivity index (χ3v) is 5.27. The van der Waals surface area contributed by atoms with E-state index in [-0.39, 0.29) is 11.8 Å². The van der Waals surface area contributed by atoms with Gasteiger partial charge >= 0.3 is 0 Å². The zero-order chi connectivity index (χ0) is 17.6. The number of nitrogens with one attached hydrogen (secondary N) is 1. The van der Waals surface area contributed by atoms with E-state index < -0.39 is 6.10 Å². The number of aliphatic hydroxyl groups excluding tert-OH is 1. The number of benzene rings is 1. The van der Waals surface area contributed by atoms with Crippen molar-refractivity contribution in [2.24, 2.45) is 0 Å². The van der Waals surface area contributed by atoms with Crippen LogP contribution in [0.3, 0.4) is 0 Å². The lowest BCUT2D eigenvalue weighted by atomic mass is 9.96. The summed E-state index contributed by atoms with van der Waals surface area (Å²) in [4.78, 5) is 14.3. The third-order valence-electron chi connectivity index (χ3n) is 4.13. The minimum absolute atomic E-state index is 0.0234. The number of rotatable bonds is 7. The van der Waals surface area contributed by atoms with E-state index in [1.54, 1.807) is 18.4 Å². The summed E-state index contributed by atoms with van der Waals surface area (Å²) in [6.07, 6.45) is 1.53. The first kappa shape index (κ1) is 17.5. The van der Waals surface area contributed by atoms with Gasteiger partial charge in [0.05, 0.1) is 18.7 Å². The summed E-state index contributed by atoms with van der Waals surface area (Å²) in [6.45, 7) is 2.47. The Bertz CT molecular complexity index is 795. The highest BCUT2D eigenvalue weighted by molar-refractivity contribution is 7.12. The van der Waals surface area contributed by atoms with Crippen LogP contribution in [0.25, 0.3) is 0 Å². The molecule has 4 nitrogen and oxygen atoms in total. The van der Waals surface area contributed by atoms with Gasteiger partial charge in [-0.3, -0.25) is 4.79 Å². The molecule has 25 heavy (non-hydrogen) atoms. The molecule has 0 aliphatic heterocycles. The van der Waals surface area contributed by atoms with E-state index in [0.717, 1.165) is 21.7 Å². The summed E-state index contributed by atoms with van der Waals surface area (Å²) < 4.78 is 5.24. The molecule has 130 valence electrons. The molecule has 2 N–H and O–H groups in total. The van der Waals surface area contributed by atoms with Gasteiger partial charge in [-0.05, 0) is 36.2 Å². The van der Waals surface area contributed by atoms with Crippen LogP contribution in [0, 0.1) is 0 Å². The maximum absolute atomic E-state index is 12.5. The predicted octanol–water partition coefficient (Wildman–Crippen LogP) is 4.23. The van der Waals surface area contributed by atoms with Crippen molar-refractivity contribution in [3.05, 3.63) is 81.9 Å². The molecule has 0 saturated heterocycles. The number of aliphatic hydroxyl groups is 1. The van der Waals surface area contributed by atoms with E-state index in [2.05, 4.69) is 5.32 Å². The quantitative estimate of drug-likeness (QED) is 0.666. The fraction of sp³-hybridized carbons (Fsp3) is 0.250. The molecular weight excluding hydrogens is 334 g/mol. The first-order valence-electron chi connectivity index (χ1n) is 8.31. The molecule has 0 saturated carbocycles. The molecule has 2 heterocycles. The molecule has 2 atom stereocenters. The molecule has 0 aliphatic carbocycles. The van der Waals surface area contributed by atoms with Gasteiger partial charge in [0.2, 0.25) is 5.91 Å². The second-order valence-corrected chi connectivity index (χ2v) is 7.01. The number of hydrogen-bond donors (Lipinski definition) is 2. The second-order valence-electron chi connectivity index (χ2n) is 5.81. The summed E-state index contributed by atoms with van der Waals surface area (Å²) in [5.74, 6) is 0.400. The average Bonchev–Trinajstić information content (AvgIpc) is 3.33. The van der Waals surface area contributed by atoms with Crippen molar-refractivity contribution >= 4 is 17.2 Å². The van der Waals surface area contributed by atoms with Gasteiger partial charge in [-0.1, -0.05) is 37.3 Å². The molecule has 0 aliphatic rings. The predicted molar refractivity (Wildman–Crippen MR) is 98.4 cm³/mol. The number of hydrogen-bond acceptors (Lipinski definition) is 4. The monoisotopic (exact) mass is 355 g/mol. The molecule has 3 aromatic rings. The molecule has 5 heteroatoms. The number of furan rings is 1. The fourth-order valence-electron chi connectivity index (χ4n) is 2.78. The van der Waals surface area contributed by atoms with Gasteiger partial charge in [-0.2, -0.15) is 0 Å². The Labute approximate surface area is 151 Å². The van der Waals surface area contributed by atoms with Crippen LogP contribution in [0.4, 0.5) is 0 Å². The molecular formula is C20H21NO3S. The van der Waals surface area contributed by atoms with E-state index >= 15 is 0 Å². The zero-order valence-corrected chi connectivity index (χ0v) is 14.8. The summed E-state index contributed by atoms with van der Waals surface area (Å²) in [6, 6.07) is 17.1. The van der Waals surface area contributed by atoms with Crippen molar-refractivity contribution in [1.82, 2.24) is 5.32 Å². The Kier molecular flexibility index (Phi) is 5.68. The maximum atomic E-state index is 12.5. The van der Waals surface area contributed by atoms with Crippen molar-refractivity contribution in [1.29, 1.82) is 0 Å². The minimum Gasteiger partial charge on any atom is -0.466 e. The van der Waals surface area contributed by atoms with Crippen LogP contribution in [0.5, 0.6) is 0 Å². The smallest absolute Gasteiger partial charge is 0.227 e. The highest BCUT2D eigenvalue weighted by Crippen LogP contribution is 2.29. The molecule has 2 aromatic heterocycles. The lowest BCUT2D eigenvalue weighted by Gasteiger charge is -2.15. The Morgan fingerprint density at radius 3 is 2.64 bits per heavy atom. The van der Waals surface area contributed by atoms with Crippen LogP contribution in [0.2, 0.25) is 0 Å². The summed E-state index contributed by atoms with van der Waals surface area (Å²) in [5.41, 5.74) is 1.03. The summed E-state index contributed by atoms with van der Waals surface area (Å²) in [7, 11) is 0. The molecule has 0 fully saturated rings. The molecule has 0 bridgehead atoms. The van der Waals surface area contributed by atoms with Crippen LogP contribution < -0.4 is 5.32 Å². The first-order valence-corrected chi connectivity index (χ1v) is 9.13. The number of carbonyl (C=O) groups is 1. The molecule has 3 rings (SSSR count). The molecule has 1 amide bonds. The third kappa shape index (κ3) is 4.18. The number of carbonyl (C=O) groups excluding carboxylic acids is 1. The lowest BCUT2D eigenvalue weighted by Crippen LogP contribution is -2.28. The number of amides is 1. The number of thiophene rings is 1. The highest BCUT2D eigenvalue weighted by Gasteiger charge is 2.19. The van der Waals surface area contributed by atoms with Crippen molar-refractivity contribution in [3.8, 4) is 0 Å².